The van der Waals surface area contributed by atoms with E-state index >= 15 is 0 Å². The molecule has 0 unspecified atom stereocenters. The van der Waals surface area contributed by atoms with E-state index in [0.29, 0.717) is 4.90 Å². The van der Waals surface area contributed by atoms with Crippen LogP contribution in [0.25, 0.3) is 0 Å². The Hall–Kier alpha value is -3.03. The van der Waals surface area contributed by atoms with Gasteiger partial charge in [-0.05, 0) is 18.2 Å². The Morgan fingerprint density at radius 1 is 1.29 bits per heavy atom. The van der Waals surface area contributed by atoms with E-state index in [4.69, 9.17) is 16.3 Å². The average molecular weight is 521 g/mol. The van der Waals surface area contributed by atoms with Gasteiger partial charge in [0.15, 0.2) is 5.82 Å². The highest BCUT2D eigenvalue weighted by molar-refractivity contribution is 7.90. The van der Waals surface area contributed by atoms with Crippen LogP contribution in [0.5, 0.6) is 5.75 Å². The summed E-state index contributed by atoms with van der Waals surface area (Å²) in [5.41, 5.74) is -0.919. The first-order valence-electron chi connectivity index (χ1n) is 9.64. The van der Waals surface area contributed by atoms with Crippen molar-refractivity contribution in [3.8, 4) is 5.75 Å². The van der Waals surface area contributed by atoms with Crippen molar-refractivity contribution in [1.82, 2.24) is 14.5 Å². The van der Waals surface area contributed by atoms with E-state index in [1.54, 1.807) is 0 Å². The van der Waals surface area contributed by atoms with E-state index in [9.17, 15) is 31.2 Å². The molecule has 0 aliphatic carbocycles. The highest BCUT2D eigenvalue weighted by Gasteiger charge is 2.45. The van der Waals surface area contributed by atoms with Crippen LogP contribution in [-0.2, 0) is 34.0 Å². The van der Waals surface area contributed by atoms with Crippen molar-refractivity contribution in [1.29, 1.82) is 0 Å². The first-order chi connectivity index (χ1) is 15.8. The van der Waals surface area contributed by atoms with Gasteiger partial charge in [0.1, 0.15) is 5.75 Å². The number of anilines is 1. The molecule has 0 fully saturated rings. The molecule has 0 spiro atoms. The van der Waals surface area contributed by atoms with Gasteiger partial charge in [0, 0.05) is 32.3 Å². The largest absolute Gasteiger partial charge is 0.415 e. The lowest BCUT2D eigenvalue weighted by molar-refractivity contribution is -0.156. The van der Waals surface area contributed by atoms with Crippen molar-refractivity contribution in [2.45, 2.75) is 19.0 Å². The van der Waals surface area contributed by atoms with E-state index in [1.807, 2.05) is 9.44 Å². The zero-order chi connectivity index (χ0) is 25.4. The van der Waals surface area contributed by atoms with Gasteiger partial charge in [-0.1, -0.05) is 23.7 Å². The second-order valence-electron chi connectivity index (χ2n) is 7.53. The molecule has 34 heavy (non-hydrogen) atoms. The Labute approximate surface area is 198 Å². The molecule has 0 aromatic heterocycles. The standard InChI is InChI=1S/C20H20ClF3N4O5S/c1-25-34(31,32)26-15-6-4-5-11(17(15)22)9-28-10-12-7-14(21)13(8-16(12)33-19(28)30)20(23,24)18(29)27(2)3/h4-8,25-26H,9-10H2,1-3H3. The molecule has 0 bridgehead atoms. The molecule has 1 aliphatic rings. The number of amides is 2. The van der Waals surface area contributed by atoms with Crippen LogP contribution in [0, 0.1) is 5.82 Å². The monoisotopic (exact) mass is 520 g/mol. The molecule has 2 N–H and O–H groups in total. The summed E-state index contributed by atoms with van der Waals surface area (Å²) in [6.45, 7) is -0.471. The minimum Gasteiger partial charge on any atom is -0.410 e. The summed E-state index contributed by atoms with van der Waals surface area (Å²) >= 11 is 6.02. The SMILES string of the molecule is CNS(=O)(=O)Nc1cccc(CN2Cc3cc(Cl)c(C(F)(F)C(=O)N(C)C)cc3OC2=O)c1F. The summed E-state index contributed by atoms with van der Waals surface area (Å²) in [7, 11) is -0.500. The Balaban J connectivity index is 1.88. The van der Waals surface area contributed by atoms with Crippen molar-refractivity contribution >= 4 is 39.5 Å². The number of carbonyl (C=O) groups is 2. The second kappa shape index (κ2) is 9.31. The quantitative estimate of drug-likeness (QED) is 0.583. The third-order valence-electron chi connectivity index (χ3n) is 4.93. The predicted molar refractivity (Wildman–Crippen MR) is 117 cm³/mol. The van der Waals surface area contributed by atoms with Crippen molar-refractivity contribution in [2.24, 2.45) is 0 Å². The molecule has 0 saturated heterocycles. The summed E-state index contributed by atoms with van der Waals surface area (Å²) in [5, 5.41) is -0.411. The molecule has 0 radical (unpaired) electrons. The number of halogens is 4. The lowest BCUT2D eigenvalue weighted by Gasteiger charge is -2.30. The van der Waals surface area contributed by atoms with Gasteiger partial charge < -0.3 is 9.64 Å². The van der Waals surface area contributed by atoms with Gasteiger partial charge in [0.25, 0.3) is 16.1 Å². The lowest BCUT2D eigenvalue weighted by atomic mass is 10.0. The zero-order valence-electron chi connectivity index (χ0n) is 18.2. The number of nitrogens with one attached hydrogen (secondary N) is 2. The topological polar surface area (TPSA) is 108 Å². The summed E-state index contributed by atoms with van der Waals surface area (Å²) in [6.07, 6.45) is -0.955. The number of fused-ring (bicyclic) bond motifs is 1. The summed E-state index contributed by atoms with van der Waals surface area (Å²) < 4.78 is 76.5. The van der Waals surface area contributed by atoms with E-state index in [0.717, 1.165) is 38.2 Å². The average Bonchev–Trinajstić information content (AvgIpc) is 2.76. The normalized spacial score (nSPS) is 13.9. The zero-order valence-corrected chi connectivity index (χ0v) is 19.7. The first kappa shape index (κ1) is 25.6. The van der Waals surface area contributed by atoms with Crippen LogP contribution in [0.15, 0.2) is 30.3 Å². The lowest BCUT2D eigenvalue weighted by Crippen LogP contribution is -2.39. The van der Waals surface area contributed by atoms with Crippen LogP contribution in [0.3, 0.4) is 0 Å². The van der Waals surface area contributed by atoms with Crippen molar-refractivity contribution in [2.75, 3.05) is 25.9 Å². The van der Waals surface area contributed by atoms with E-state index in [2.05, 4.69) is 0 Å². The highest BCUT2D eigenvalue weighted by atomic mass is 35.5. The molecule has 1 aliphatic heterocycles. The molecular weight excluding hydrogens is 501 g/mol. The molecule has 2 aromatic carbocycles. The smallest absolute Gasteiger partial charge is 0.410 e. The molecule has 2 aromatic rings. The Morgan fingerprint density at radius 2 is 1.97 bits per heavy atom. The van der Waals surface area contributed by atoms with E-state index in [-0.39, 0.29) is 35.7 Å². The third kappa shape index (κ3) is 5.05. The molecule has 1 heterocycles. The first-order valence-corrected chi connectivity index (χ1v) is 11.5. The van der Waals surface area contributed by atoms with Gasteiger partial charge in [0.05, 0.1) is 29.4 Å². The fourth-order valence-electron chi connectivity index (χ4n) is 3.18. The number of benzene rings is 2. The van der Waals surface area contributed by atoms with Crippen molar-refractivity contribution in [3.05, 3.63) is 57.9 Å². The Bertz CT molecular complexity index is 1260. The molecule has 2 amide bonds. The maximum Gasteiger partial charge on any atom is 0.415 e. The molecule has 14 heteroatoms. The van der Waals surface area contributed by atoms with E-state index in [1.165, 1.54) is 18.2 Å². The minimum absolute atomic E-state index is 0.0254. The maximum absolute atomic E-state index is 14.8. The third-order valence-corrected chi connectivity index (χ3v) is 6.27. The fourth-order valence-corrected chi connectivity index (χ4v) is 4.04. The van der Waals surface area contributed by atoms with Crippen molar-refractivity contribution < 1.29 is 35.9 Å². The maximum atomic E-state index is 14.8. The number of carbonyl (C=O) groups excluding carboxylic acids is 2. The minimum atomic E-state index is -3.98. The van der Waals surface area contributed by atoms with Gasteiger partial charge in [-0.3, -0.25) is 14.4 Å². The van der Waals surface area contributed by atoms with Gasteiger partial charge in [-0.25, -0.2) is 13.9 Å². The fraction of sp³-hybridized carbons (Fsp3) is 0.300. The number of likely N-dealkylation sites (N-methyl/N-ethyl adjacent to an activating group) is 1. The number of hydrogen-bond donors (Lipinski definition) is 2. The number of rotatable bonds is 7. The molecular formula is C20H20ClF3N4O5S. The summed E-state index contributed by atoms with van der Waals surface area (Å²) in [6, 6.07) is 5.92. The second-order valence-corrected chi connectivity index (χ2v) is 9.55. The number of nitrogens with zero attached hydrogens (tertiary/aromatic N) is 2. The molecule has 184 valence electrons. The molecule has 3 rings (SSSR count). The number of alkyl halides is 2. The van der Waals surface area contributed by atoms with Gasteiger partial charge >= 0.3 is 12.0 Å². The van der Waals surface area contributed by atoms with E-state index < -0.39 is 44.5 Å². The van der Waals surface area contributed by atoms with Crippen LogP contribution in [0.1, 0.15) is 16.7 Å². The Kier molecular flexibility index (Phi) is 7.01. The number of hydrogen-bond acceptors (Lipinski definition) is 5. The van der Waals surface area contributed by atoms with Gasteiger partial charge in [-0.15, -0.1) is 0 Å². The molecule has 0 atom stereocenters. The Morgan fingerprint density at radius 3 is 2.59 bits per heavy atom. The van der Waals surface area contributed by atoms with Gasteiger partial charge in [0.2, 0.25) is 0 Å². The predicted octanol–water partition coefficient (Wildman–Crippen LogP) is 3.05. The van der Waals surface area contributed by atoms with Crippen LogP contribution in [0.4, 0.5) is 23.7 Å². The van der Waals surface area contributed by atoms with Gasteiger partial charge in [-0.2, -0.15) is 17.2 Å². The number of ether oxygens (including phenoxy) is 1. The molecule has 9 nitrogen and oxygen atoms in total. The van der Waals surface area contributed by atoms with Crippen LogP contribution in [0.2, 0.25) is 5.02 Å². The molecule has 0 saturated carbocycles. The van der Waals surface area contributed by atoms with Crippen LogP contribution >= 0.6 is 11.6 Å². The van der Waals surface area contributed by atoms with Crippen LogP contribution < -0.4 is 14.2 Å². The van der Waals surface area contributed by atoms with Crippen molar-refractivity contribution in [3.63, 3.8) is 0 Å². The van der Waals surface area contributed by atoms with Crippen LogP contribution in [-0.4, -0.2) is 51.4 Å². The summed E-state index contributed by atoms with van der Waals surface area (Å²) in [4.78, 5) is 26.2. The highest BCUT2D eigenvalue weighted by Crippen LogP contribution is 2.40. The summed E-state index contributed by atoms with van der Waals surface area (Å²) in [5.74, 6) is -6.57.